The summed E-state index contributed by atoms with van der Waals surface area (Å²) in [5, 5.41) is 3.16. The number of methoxy groups -OCH3 is 1. The maximum Gasteiger partial charge on any atom is 0.168 e. The molecule has 0 aliphatic carbocycles. The van der Waals surface area contributed by atoms with Crippen LogP contribution in [0.3, 0.4) is 0 Å². The summed E-state index contributed by atoms with van der Waals surface area (Å²) in [7, 11) is 1.62. The number of pyridine rings is 1. The highest BCUT2D eigenvalue weighted by Gasteiger charge is 2.10. The summed E-state index contributed by atoms with van der Waals surface area (Å²) in [5.41, 5.74) is 1.72. The van der Waals surface area contributed by atoms with Gasteiger partial charge in [0.2, 0.25) is 0 Å². The second kappa shape index (κ2) is 4.89. The second-order valence-electron chi connectivity index (χ2n) is 3.11. The first-order valence-corrected chi connectivity index (χ1v) is 5.64. The number of hydrogen-bond acceptors (Lipinski definition) is 6. The van der Waals surface area contributed by atoms with Gasteiger partial charge in [-0.05, 0) is 13.0 Å². The Morgan fingerprint density at radius 1 is 1.38 bits per heavy atom. The van der Waals surface area contributed by atoms with Crippen LogP contribution >= 0.6 is 11.7 Å². The molecular weight excluding hydrogens is 224 g/mol. The zero-order valence-electron chi connectivity index (χ0n) is 9.10. The molecule has 6 heteroatoms. The third-order valence-corrected chi connectivity index (χ3v) is 2.58. The minimum absolute atomic E-state index is 0.716. The number of ether oxygens (including phenoxy) is 1. The van der Waals surface area contributed by atoms with E-state index in [2.05, 4.69) is 19.0 Å². The summed E-state index contributed by atoms with van der Waals surface area (Å²) in [6.07, 6.45) is 3.41. The Bertz CT molecular complexity index is 471. The Balaban J connectivity index is 2.37. The third kappa shape index (κ3) is 2.11. The lowest BCUT2D eigenvalue weighted by Gasteiger charge is -2.03. The summed E-state index contributed by atoms with van der Waals surface area (Å²) in [6.45, 7) is 2.84. The van der Waals surface area contributed by atoms with E-state index in [4.69, 9.17) is 4.74 Å². The molecule has 0 atom stereocenters. The predicted molar refractivity (Wildman–Crippen MR) is 63.9 cm³/mol. The number of rotatable bonds is 4. The molecule has 2 heterocycles. The van der Waals surface area contributed by atoms with Crippen LogP contribution in [-0.2, 0) is 0 Å². The zero-order chi connectivity index (χ0) is 11.4. The number of nitrogens with one attached hydrogen (secondary N) is 1. The lowest BCUT2D eigenvalue weighted by atomic mass is 10.2. The molecule has 84 valence electrons. The van der Waals surface area contributed by atoms with Gasteiger partial charge in [0, 0.05) is 18.3 Å². The molecule has 0 saturated heterocycles. The summed E-state index contributed by atoms with van der Waals surface area (Å²) >= 11 is 1.18. The Kier molecular flexibility index (Phi) is 3.31. The SMILES string of the molecule is CCNc1nsnc1-c1cncc(OC)c1. The van der Waals surface area contributed by atoms with Crippen molar-refractivity contribution in [1.82, 2.24) is 13.7 Å². The summed E-state index contributed by atoms with van der Waals surface area (Å²) in [4.78, 5) is 4.10. The van der Waals surface area contributed by atoms with E-state index in [1.807, 2.05) is 13.0 Å². The van der Waals surface area contributed by atoms with Gasteiger partial charge in [-0.3, -0.25) is 4.98 Å². The number of aromatic nitrogens is 3. The van der Waals surface area contributed by atoms with Crippen molar-refractivity contribution in [3.63, 3.8) is 0 Å². The lowest BCUT2D eigenvalue weighted by Crippen LogP contribution is -1.98. The molecule has 0 aliphatic rings. The minimum Gasteiger partial charge on any atom is -0.495 e. The Labute approximate surface area is 97.8 Å². The molecule has 0 radical (unpaired) electrons. The highest BCUT2D eigenvalue weighted by atomic mass is 32.1. The predicted octanol–water partition coefficient (Wildman–Crippen LogP) is 2.04. The van der Waals surface area contributed by atoms with Gasteiger partial charge >= 0.3 is 0 Å². The van der Waals surface area contributed by atoms with Crippen molar-refractivity contribution in [2.24, 2.45) is 0 Å². The fourth-order valence-electron chi connectivity index (χ4n) is 1.32. The van der Waals surface area contributed by atoms with Gasteiger partial charge in [-0.15, -0.1) is 0 Å². The van der Waals surface area contributed by atoms with Gasteiger partial charge in [-0.25, -0.2) is 0 Å². The Morgan fingerprint density at radius 2 is 2.25 bits per heavy atom. The average Bonchev–Trinajstić information content (AvgIpc) is 2.78. The van der Waals surface area contributed by atoms with E-state index in [1.165, 1.54) is 11.7 Å². The van der Waals surface area contributed by atoms with Gasteiger partial charge in [0.25, 0.3) is 0 Å². The first kappa shape index (κ1) is 10.8. The van der Waals surface area contributed by atoms with Crippen LogP contribution in [0, 0.1) is 0 Å². The van der Waals surface area contributed by atoms with Crippen LogP contribution in [0.25, 0.3) is 11.3 Å². The molecule has 16 heavy (non-hydrogen) atoms. The molecule has 0 spiro atoms. The third-order valence-electron chi connectivity index (χ3n) is 2.06. The topological polar surface area (TPSA) is 59.9 Å². The van der Waals surface area contributed by atoms with E-state index in [1.54, 1.807) is 19.5 Å². The summed E-state index contributed by atoms with van der Waals surface area (Å²) < 4.78 is 13.6. The lowest BCUT2D eigenvalue weighted by molar-refractivity contribution is 0.413. The van der Waals surface area contributed by atoms with E-state index in [-0.39, 0.29) is 0 Å². The average molecular weight is 236 g/mol. The van der Waals surface area contributed by atoms with Crippen LogP contribution in [0.15, 0.2) is 18.5 Å². The van der Waals surface area contributed by atoms with Gasteiger partial charge in [0.05, 0.1) is 25.0 Å². The molecule has 2 aromatic heterocycles. The fraction of sp³-hybridized carbons (Fsp3) is 0.300. The molecule has 0 aromatic carbocycles. The van der Waals surface area contributed by atoms with E-state index in [0.29, 0.717) is 5.75 Å². The summed E-state index contributed by atoms with van der Waals surface area (Å²) in [5.74, 6) is 1.51. The van der Waals surface area contributed by atoms with Crippen LogP contribution < -0.4 is 10.1 Å². The molecule has 1 N–H and O–H groups in total. The molecule has 2 rings (SSSR count). The van der Waals surface area contributed by atoms with Gasteiger partial charge < -0.3 is 10.1 Å². The largest absolute Gasteiger partial charge is 0.495 e. The van der Waals surface area contributed by atoms with Crippen molar-refractivity contribution >= 4 is 17.5 Å². The first-order valence-electron chi connectivity index (χ1n) is 4.91. The van der Waals surface area contributed by atoms with Gasteiger partial charge in [0.15, 0.2) is 5.82 Å². The quantitative estimate of drug-likeness (QED) is 0.880. The van der Waals surface area contributed by atoms with E-state index in [9.17, 15) is 0 Å². The van der Waals surface area contributed by atoms with Crippen LogP contribution in [0.1, 0.15) is 6.92 Å². The normalized spacial score (nSPS) is 10.1. The van der Waals surface area contributed by atoms with Crippen molar-refractivity contribution in [1.29, 1.82) is 0 Å². The van der Waals surface area contributed by atoms with Crippen molar-refractivity contribution in [3.8, 4) is 17.0 Å². The van der Waals surface area contributed by atoms with Crippen molar-refractivity contribution in [2.75, 3.05) is 19.0 Å². The maximum absolute atomic E-state index is 5.13. The number of hydrogen-bond donors (Lipinski definition) is 1. The van der Waals surface area contributed by atoms with Gasteiger partial charge in [-0.1, -0.05) is 0 Å². The van der Waals surface area contributed by atoms with Crippen LogP contribution in [0.5, 0.6) is 5.75 Å². The minimum atomic E-state index is 0.716. The van der Waals surface area contributed by atoms with Gasteiger partial charge in [-0.2, -0.15) is 8.75 Å². The van der Waals surface area contributed by atoms with Crippen molar-refractivity contribution in [3.05, 3.63) is 18.5 Å². The maximum atomic E-state index is 5.13. The molecule has 0 amide bonds. The highest BCUT2D eigenvalue weighted by Crippen LogP contribution is 2.27. The number of anilines is 1. The second-order valence-corrected chi connectivity index (χ2v) is 3.63. The monoisotopic (exact) mass is 236 g/mol. The summed E-state index contributed by atoms with van der Waals surface area (Å²) in [6, 6.07) is 1.89. The van der Waals surface area contributed by atoms with Crippen LogP contribution in [0.2, 0.25) is 0 Å². The molecule has 0 aliphatic heterocycles. The fourth-order valence-corrected chi connectivity index (χ4v) is 1.87. The molecule has 0 bridgehead atoms. The smallest absolute Gasteiger partial charge is 0.168 e. The molecule has 0 unspecified atom stereocenters. The molecular formula is C10H12N4OS. The van der Waals surface area contributed by atoms with Crippen molar-refractivity contribution in [2.45, 2.75) is 6.92 Å². The zero-order valence-corrected chi connectivity index (χ0v) is 9.91. The van der Waals surface area contributed by atoms with Crippen molar-refractivity contribution < 1.29 is 4.74 Å². The first-order chi connectivity index (χ1) is 7.85. The molecule has 5 nitrogen and oxygen atoms in total. The van der Waals surface area contributed by atoms with E-state index >= 15 is 0 Å². The Hall–Kier alpha value is -1.69. The number of nitrogens with zero attached hydrogens (tertiary/aromatic N) is 3. The van der Waals surface area contributed by atoms with E-state index < -0.39 is 0 Å². The van der Waals surface area contributed by atoms with Crippen LogP contribution in [0.4, 0.5) is 5.82 Å². The van der Waals surface area contributed by atoms with Gasteiger partial charge in [0.1, 0.15) is 11.4 Å². The molecule has 0 fully saturated rings. The highest BCUT2D eigenvalue weighted by molar-refractivity contribution is 6.99. The Morgan fingerprint density at radius 3 is 3.00 bits per heavy atom. The van der Waals surface area contributed by atoms with Crippen LogP contribution in [-0.4, -0.2) is 27.4 Å². The molecule has 2 aromatic rings. The standard InChI is InChI=1S/C10H12N4OS/c1-3-12-10-9(13-16-14-10)7-4-8(15-2)6-11-5-7/h4-6H,3H2,1-2H3,(H,12,14). The molecule has 0 saturated carbocycles. The van der Waals surface area contributed by atoms with E-state index in [0.717, 1.165) is 23.6 Å².